The lowest BCUT2D eigenvalue weighted by Gasteiger charge is -2.18. The Morgan fingerprint density at radius 3 is 2.61 bits per heavy atom. The first-order valence-corrected chi connectivity index (χ1v) is 6.65. The van der Waals surface area contributed by atoms with Gasteiger partial charge in [0.25, 0.3) is 0 Å². The zero-order valence-corrected chi connectivity index (χ0v) is 12.4. The molecule has 2 aromatic rings. The minimum atomic E-state index is -4.54. The maximum absolute atomic E-state index is 12.6. The van der Waals surface area contributed by atoms with E-state index in [1.807, 2.05) is 0 Å². The van der Waals surface area contributed by atoms with Crippen LogP contribution < -0.4 is 4.74 Å². The molecule has 0 saturated heterocycles. The van der Waals surface area contributed by atoms with E-state index in [2.05, 4.69) is 9.97 Å². The van der Waals surface area contributed by atoms with Crippen LogP contribution in [0.4, 0.5) is 13.2 Å². The Labute approximate surface area is 133 Å². The number of carboxylic acid groups (broad SMARTS) is 1. The average Bonchev–Trinajstić information content (AvgIpc) is 2.48. The fraction of sp³-hybridized carbons (Fsp3) is 0.214. The Morgan fingerprint density at radius 2 is 2.00 bits per heavy atom. The van der Waals surface area contributed by atoms with Crippen LogP contribution in [0.15, 0.2) is 30.6 Å². The van der Waals surface area contributed by atoms with Gasteiger partial charge in [-0.3, -0.25) is 0 Å². The number of alkyl halides is 3. The Bertz CT molecular complexity index is 737. The van der Waals surface area contributed by atoms with Gasteiger partial charge in [-0.2, -0.15) is 13.2 Å². The summed E-state index contributed by atoms with van der Waals surface area (Å²) in [6.07, 6.45) is -5.54. The van der Waals surface area contributed by atoms with Crippen molar-refractivity contribution >= 4 is 17.6 Å². The molecule has 5 nitrogen and oxygen atoms in total. The summed E-state index contributed by atoms with van der Waals surface area (Å²) in [4.78, 5) is 18.4. The van der Waals surface area contributed by atoms with Crippen molar-refractivity contribution in [2.75, 3.05) is 0 Å². The molecule has 23 heavy (non-hydrogen) atoms. The molecule has 1 aromatic heterocycles. The van der Waals surface area contributed by atoms with Gasteiger partial charge in [0.15, 0.2) is 11.8 Å². The van der Waals surface area contributed by atoms with Gasteiger partial charge in [-0.1, -0.05) is 17.7 Å². The van der Waals surface area contributed by atoms with Crippen molar-refractivity contribution in [3.05, 3.63) is 41.3 Å². The molecule has 1 aromatic carbocycles. The lowest BCUT2D eigenvalue weighted by atomic mass is 10.1. The number of carbonyl (C=O) groups is 1. The molecule has 0 radical (unpaired) electrons. The van der Waals surface area contributed by atoms with E-state index in [0.29, 0.717) is 5.56 Å². The molecule has 0 aliphatic heterocycles. The van der Waals surface area contributed by atoms with Gasteiger partial charge in [0.2, 0.25) is 0 Å². The number of nitrogens with zero attached hydrogens (tertiary/aromatic N) is 2. The van der Waals surface area contributed by atoms with E-state index in [1.54, 1.807) is 0 Å². The van der Waals surface area contributed by atoms with Crippen molar-refractivity contribution in [2.45, 2.75) is 19.2 Å². The fourth-order valence-corrected chi connectivity index (χ4v) is 1.80. The number of ether oxygens (including phenoxy) is 1. The van der Waals surface area contributed by atoms with Crippen molar-refractivity contribution in [3.63, 3.8) is 0 Å². The van der Waals surface area contributed by atoms with Gasteiger partial charge in [0, 0.05) is 5.56 Å². The number of benzene rings is 1. The van der Waals surface area contributed by atoms with E-state index in [4.69, 9.17) is 21.4 Å². The molecule has 0 amide bonds. The van der Waals surface area contributed by atoms with E-state index in [1.165, 1.54) is 24.3 Å². The molecule has 0 bridgehead atoms. The van der Waals surface area contributed by atoms with Crippen LogP contribution in [-0.4, -0.2) is 33.3 Å². The van der Waals surface area contributed by atoms with Crippen LogP contribution in [0.25, 0.3) is 11.3 Å². The maximum Gasteiger partial charge on any atom is 0.425 e. The van der Waals surface area contributed by atoms with Crippen LogP contribution in [-0.2, 0) is 0 Å². The van der Waals surface area contributed by atoms with E-state index < -0.39 is 18.2 Å². The molecule has 2 rings (SSSR count). The van der Waals surface area contributed by atoms with Gasteiger partial charge < -0.3 is 9.84 Å². The van der Waals surface area contributed by atoms with E-state index in [0.717, 1.165) is 13.3 Å². The molecular formula is C14H10ClF3N2O3. The molecule has 0 saturated carbocycles. The van der Waals surface area contributed by atoms with Crippen LogP contribution in [0.3, 0.4) is 0 Å². The van der Waals surface area contributed by atoms with Gasteiger partial charge in [-0.25, -0.2) is 14.8 Å². The highest BCUT2D eigenvalue weighted by Gasteiger charge is 2.38. The smallest absolute Gasteiger partial charge is 0.425 e. The van der Waals surface area contributed by atoms with Crippen molar-refractivity contribution in [3.8, 4) is 17.0 Å². The molecule has 1 heterocycles. The number of aromatic carboxylic acids is 1. The summed E-state index contributed by atoms with van der Waals surface area (Å²) in [5, 5.41) is 8.90. The molecule has 0 fully saturated rings. The highest BCUT2D eigenvalue weighted by molar-refractivity contribution is 6.32. The standard InChI is InChI=1S/C14H10ClF3N2O3/c1-7(14(16,17)18)23-12-4-8(2-3-9(12)15)10-5-11(13(21)22)20-6-19-10/h2-7H,1H3,(H,21,22). The number of rotatable bonds is 4. The van der Waals surface area contributed by atoms with Crippen LogP contribution in [0, 0.1) is 0 Å². The zero-order valence-electron chi connectivity index (χ0n) is 11.6. The van der Waals surface area contributed by atoms with Gasteiger partial charge in [-0.05, 0) is 25.1 Å². The number of hydrogen-bond donors (Lipinski definition) is 1. The lowest BCUT2D eigenvalue weighted by Crippen LogP contribution is -2.31. The third-order valence-electron chi connectivity index (χ3n) is 2.88. The molecule has 1 N–H and O–H groups in total. The zero-order chi connectivity index (χ0) is 17.2. The van der Waals surface area contributed by atoms with E-state index >= 15 is 0 Å². The second-order valence-corrected chi connectivity index (χ2v) is 4.95. The predicted octanol–water partition coefficient (Wildman–Crippen LogP) is 3.82. The summed E-state index contributed by atoms with van der Waals surface area (Å²) in [7, 11) is 0. The van der Waals surface area contributed by atoms with Gasteiger partial charge in [0.05, 0.1) is 10.7 Å². The molecule has 122 valence electrons. The van der Waals surface area contributed by atoms with Crippen molar-refractivity contribution < 1.29 is 27.8 Å². The summed E-state index contributed by atoms with van der Waals surface area (Å²) in [6, 6.07) is 5.29. The second-order valence-electron chi connectivity index (χ2n) is 4.54. The largest absolute Gasteiger partial charge is 0.480 e. The third kappa shape index (κ3) is 4.10. The van der Waals surface area contributed by atoms with Crippen LogP contribution in [0.2, 0.25) is 5.02 Å². The quantitative estimate of drug-likeness (QED) is 0.911. The second kappa shape index (κ2) is 6.41. The Kier molecular flexibility index (Phi) is 4.74. The molecule has 1 unspecified atom stereocenters. The first kappa shape index (κ1) is 17.0. The first-order chi connectivity index (χ1) is 10.7. The summed E-state index contributed by atoms with van der Waals surface area (Å²) in [6.45, 7) is 0.857. The van der Waals surface area contributed by atoms with Gasteiger partial charge >= 0.3 is 12.1 Å². The van der Waals surface area contributed by atoms with Gasteiger partial charge in [0.1, 0.15) is 12.1 Å². The molecule has 1 atom stereocenters. The van der Waals surface area contributed by atoms with Crippen LogP contribution in [0.1, 0.15) is 17.4 Å². The minimum absolute atomic E-state index is 0.00244. The third-order valence-corrected chi connectivity index (χ3v) is 3.19. The summed E-state index contributed by atoms with van der Waals surface area (Å²) < 4.78 is 42.6. The fourth-order valence-electron chi connectivity index (χ4n) is 1.64. The Hall–Kier alpha value is -2.35. The molecule has 0 spiro atoms. The monoisotopic (exact) mass is 346 g/mol. The minimum Gasteiger partial charge on any atom is -0.480 e. The van der Waals surface area contributed by atoms with Crippen LogP contribution in [0.5, 0.6) is 5.75 Å². The molecule has 0 aliphatic rings. The van der Waals surface area contributed by atoms with Crippen LogP contribution >= 0.6 is 11.6 Å². The molecule has 9 heteroatoms. The average molecular weight is 347 g/mol. The molecule has 0 aliphatic carbocycles. The van der Waals surface area contributed by atoms with E-state index in [9.17, 15) is 18.0 Å². The van der Waals surface area contributed by atoms with Gasteiger partial charge in [-0.15, -0.1) is 0 Å². The number of halogens is 4. The lowest BCUT2D eigenvalue weighted by molar-refractivity contribution is -0.189. The predicted molar refractivity (Wildman–Crippen MR) is 75.6 cm³/mol. The Morgan fingerprint density at radius 1 is 1.30 bits per heavy atom. The van der Waals surface area contributed by atoms with Crippen molar-refractivity contribution in [1.29, 1.82) is 0 Å². The van der Waals surface area contributed by atoms with Crippen molar-refractivity contribution in [1.82, 2.24) is 9.97 Å². The number of hydrogen-bond acceptors (Lipinski definition) is 4. The maximum atomic E-state index is 12.6. The summed E-state index contributed by atoms with van der Waals surface area (Å²) in [5.74, 6) is -1.42. The van der Waals surface area contributed by atoms with Crippen molar-refractivity contribution in [2.24, 2.45) is 0 Å². The van der Waals surface area contributed by atoms with E-state index in [-0.39, 0.29) is 22.2 Å². The summed E-state index contributed by atoms with van der Waals surface area (Å²) in [5.41, 5.74) is 0.332. The summed E-state index contributed by atoms with van der Waals surface area (Å²) >= 11 is 5.84. The number of carboxylic acids is 1. The first-order valence-electron chi connectivity index (χ1n) is 6.27. The molecular weight excluding hydrogens is 337 g/mol. The Balaban J connectivity index is 2.37. The number of aromatic nitrogens is 2. The highest BCUT2D eigenvalue weighted by Crippen LogP contribution is 2.33. The topological polar surface area (TPSA) is 72.3 Å². The normalized spacial score (nSPS) is 12.7. The highest BCUT2D eigenvalue weighted by atomic mass is 35.5. The SMILES string of the molecule is CC(Oc1cc(-c2cc(C(=O)O)ncn2)ccc1Cl)C(F)(F)F.